The van der Waals surface area contributed by atoms with Gasteiger partial charge < -0.3 is 0 Å². The van der Waals surface area contributed by atoms with E-state index in [0.29, 0.717) is 19.1 Å². The minimum absolute atomic E-state index is 0.335. The summed E-state index contributed by atoms with van der Waals surface area (Å²) in [5, 5.41) is 0. The second kappa shape index (κ2) is 5.61. The molecule has 1 saturated heterocycles. The zero-order chi connectivity index (χ0) is 14.0. The average molecular weight is 282 g/mol. The maximum Gasteiger partial charge on any atom is 0.211 e. The van der Waals surface area contributed by atoms with Crippen LogP contribution in [-0.2, 0) is 10.0 Å². The second-order valence-electron chi connectivity index (χ2n) is 5.29. The SMILES string of the molecule is Cc1cccc(C(C)N2CCN(S(C)(=O)=O)CC2)c1. The smallest absolute Gasteiger partial charge is 0.211 e. The lowest BCUT2D eigenvalue weighted by molar-refractivity contribution is 0.146. The van der Waals surface area contributed by atoms with Crippen molar-refractivity contribution in [2.75, 3.05) is 32.4 Å². The van der Waals surface area contributed by atoms with E-state index in [-0.39, 0.29) is 0 Å². The van der Waals surface area contributed by atoms with Gasteiger partial charge in [-0.25, -0.2) is 8.42 Å². The molecule has 1 aliphatic heterocycles. The maximum absolute atomic E-state index is 11.5. The second-order valence-corrected chi connectivity index (χ2v) is 7.27. The number of aryl methyl sites for hydroxylation is 1. The number of hydrogen-bond donors (Lipinski definition) is 0. The number of sulfonamides is 1. The fraction of sp³-hybridized carbons (Fsp3) is 0.571. The maximum atomic E-state index is 11.5. The molecular formula is C14H22N2O2S. The summed E-state index contributed by atoms with van der Waals surface area (Å²) < 4.78 is 24.5. The molecule has 0 bridgehead atoms. The monoisotopic (exact) mass is 282 g/mol. The van der Waals surface area contributed by atoms with Gasteiger partial charge in [0.1, 0.15) is 0 Å². The van der Waals surface area contributed by atoms with E-state index < -0.39 is 10.0 Å². The normalized spacial score (nSPS) is 20.4. The molecule has 4 nitrogen and oxygen atoms in total. The van der Waals surface area contributed by atoms with E-state index in [1.807, 2.05) is 0 Å². The van der Waals surface area contributed by atoms with Crippen LogP contribution >= 0.6 is 0 Å². The summed E-state index contributed by atoms with van der Waals surface area (Å²) in [6.07, 6.45) is 1.28. The molecule has 1 aliphatic rings. The third-order valence-electron chi connectivity index (χ3n) is 3.81. The van der Waals surface area contributed by atoms with Crippen LogP contribution in [0.15, 0.2) is 24.3 Å². The Labute approximate surface area is 116 Å². The Hall–Kier alpha value is -0.910. The molecule has 1 heterocycles. The van der Waals surface area contributed by atoms with Gasteiger partial charge in [-0.15, -0.1) is 0 Å². The van der Waals surface area contributed by atoms with Gasteiger partial charge in [0.15, 0.2) is 0 Å². The molecule has 0 N–H and O–H groups in total. The molecule has 1 fully saturated rings. The Morgan fingerprint density at radius 2 is 1.79 bits per heavy atom. The number of benzene rings is 1. The minimum Gasteiger partial charge on any atom is -0.294 e. The molecule has 0 saturated carbocycles. The molecule has 0 aliphatic carbocycles. The molecule has 1 aromatic carbocycles. The molecule has 0 radical (unpaired) electrons. The van der Waals surface area contributed by atoms with E-state index in [1.54, 1.807) is 4.31 Å². The van der Waals surface area contributed by atoms with Gasteiger partial charge in [-0.3, -0.25) is 4.90 Å². The summed E-state index contributed by atoms with van der Waals surface area (Å²) in [6, 6.07) is 8.85. The third-order valence-corrected chi connectivity index (χ3v) is 5.12. The van der Waals surface area contributed by atoms with Crippen LogP contribution in [0.2, 0.25) is 0 Å². The highest BCUT2D eigenvalue weighted by atomic mass is 32.2. The fourth-order valence-corrected chi connectivity index (χ4v) is 3.39. The molecule has 5 heteroatoms. The summed E-state index contributed by atoms with van der Waals surface area (Å²) in [5.41, 5.74) is 2.56. The minimum atomic E-state index is -3.04. The van der Waals surface area contributed by atoms with Crippen molar-refractivity contribution in [2.45, 2.75) is 19.9 Å². The van der Waals surface area contributed by atoms with Crippen LogP contribution < -0.4 is 0 Å². The Morgan fingerprint density at radius 3 is 2.32 bits per heavy atom. The first-order chi connectivity index (χ1) is 8.88. The number of nitrogens with zero attached hydrogens (tertiary/aromatic N) is 2. The van der Waals surface area contributed by atoms with Gasteiger partial charge in [0.2, 0.25) is 10.0 Å². The Bertz CT molecular complexity index is 534. The highest BCUT2D eigenvalue weighted by Gasteiger charge is 2.26. The van der Waals surface area contributed by atoms with Gasteiger partial charge in [-0.05, 0) is 19.4 Å². The summed E-state index contributed by atoms with van der Waals surface area (Å²) in [5.74, 6) is 0. The van der Waals surface area contributed by atoms with Crippen molar-refractivity contribution in [2.24, 2.45) is 0 Å². The Balaban J connectivity index is 2.02. The molecule has 106 valence electrons. The predicted molar refractivity (Wildman–Crippen MR) is 77.6 cm³/mol. The predicted octanol–water partition coefficient (Wildman–Crippen LogP) is 1.63. The number of piperazine rings is 1. The Kier molecular flexibility index (Phi) is 4.28. The zero-order valence-corrected chi connectivity index (χ0v) is 12.7. The van der Waals surface area contributed by atoms with Gasteiger partial charge in [0.05, 0.1) is 6.26 Å². The lowest BCUT2D eigenvalue weighted by Gasteiger charge is -2.37. The van der Waals surface area contributed by atoms with Crippen LogP contribution in [0.4, 0.5) is 0 Å². The van der Waals surface area contributed by atoms with E-state index in [2.05, 4.69) is 43.0 Å². The highest BCUT2D eigenvalue weighted by molar-refractivity contribution is 7.88. The van der Waals surface area contributed by atoms with Crippen molar-refractivity contribution in [1.82, 2.24) is 9.21 Å². The van der Waals surface area contributed by atoms with Crippen molar-refractivity contribution in [3.05, 3.63) is 35.4 Å². The van der Waals surface area contributed by atoms with Crippen LogP contribution in [0.25, 0.3) is 0 Å². The van der Waals surface area contributed by atoms with E-state index >= 15 is 0 Å². The largest absolute Gasteiger partial charge is 0.294 e. The first kappa shape index (κ1) is 14.5. The summed E-state index contributed by atoms with van der Waals surface area (Å²) in [7, 11) is -3.04. The van der Waals surface area contributed by atoms with Crippen molar-refractivity contribution >= 4 is 10.0 Å². The summed E-state index contributed by atoms with van der Waals surface area (Å²) >= 11 is 0. The molecule has 1 aromatic rings. The molecule has 0 spiro atoms. The van der Waals surface area contributed by atoms with Crippen LogP contribution in [0.1, 0.15) is 24.1 Å². The highest BCUT2D eigenvalue weighted by Crippen LogP contribution is 2.22. The van der Waals surface area contributed by atoms with Crippen LogP contribution in [0.3, 0.4) is 0 Å². The first-order valence-electron chi connectivity index (χ1n) is 6.63. The van der Waals surface area contributed by atoms with Gasteiger partial charge in [-0.2, -0.15) is 4.31 Å². The molecule has 19 heavy (non-hydrogen) atoms. The fourth-order valence-electron chi connectivity index (χ4n) is 2.56. The first-order valence-corrected chi connectivity index (χ1v) is 8.48. The van der Waals surface area contributed by atoms with Crippen molar-refractivity contribution < 1.29 is 8.42 Å². The third kappa shape index (κ3) is 3.55. The molecule has 2 rings (SSSR count). The van der Waals surface area contributed by atoms with E-state index in [1.165, 1.54) is 17.4 Å². The summed E-state index contributed by atoms with van der Waals surface area (Å²) in [4.78, 5) is 2.34. The van der Waals surface area contributed by atoms with Gasteiger partial charge >= 0.3 is 0 Å². The van der Waals surface area contributed by atoms with E-state index in [9.17, 15) is 8.42 Å². The zero-order valence-electron chi connectivity index (χ0n) is 11.8. The van der Waals surface area contributed by atoms with Crippen LogP contribution in [-0.4, -0.2) is 50.1 Å². The lowest BCUT2D eigenvalue weighted by Crippen LogP contribution is -2.48. The van der Waals surface area contributed by atoms with Crippen molar-refractivity contribution in [3.8, 4) is 0 Å². The number of rotatable bonds is 3. The quantitative estimate of drug-likeness (QED) is 0.846. The molecule has 1 unspecified atom stereocenters. The van der Waals surface area contributed by atoms with Gasteiger partial charge in [0, 0.05) is 32.2 Å². The van der Waals surface area contributed by atoms with Gasteiger partial charge in [0.25, 0.3) is 0 Å². The summed E-state index contributed by atoms with van der Waals surface area (Å²) in [6.45, 7) is 7.05. The standard InChI is InChI=1S/C14H22N2O2S/c1-12-5-4-6-14(11-12)13(2)15-7-9-16(10-8-15)19(3,17)18/h4-6,11,13H,7-10H2,1-3H3. The lowest BCUT2D eigenvalue weighted by atomic mass is 10.0. The Morgan fingerprint density at radius 1 is 1.16 bits per heavy atom. The van der Waals surface area contributed by atoms with E-state index in [0.717, 1.165) is 13.1 Å². The van der Waals surface area contributed by atoms with Crippen LogP contribution in [0.5, 0.6) is 0 Å². The topological polar surface area (TPSA) is 40.6 Å². The van der Waals surface area contributed by atoms with Crippen LogP contribution in [0, 0.1) is 6.92 Å². The van der Waals surface area contributed by atoms with E-state index in [4.69, 9.17) is 0 Å². The van der Waals surface area contributed by atoms with Crippen molar-refractivity contribution in [1.29, 1.82) is 0 Å². The molecule has 0 aromatic heterocycles. The van der Waals surface area contributed by atoms with Crippen molar-refractivity contribution in [3.63, 3.8) is 0 Å². The number of hydrogen-bond acceptors (Lipinski definition) is 3. The molecule has 0 amide bonds. The molecular weight excluding hydrogens is 260 g/mol. The molecule has 1 atom stereocenters. The van der Waals surface area contributed by atoms with Gasteiger partial charge in [-0.1, -0.05) is 29.8 Å². The average Bonchev–Trinajstić information content (AvgIpc) is 2.37.